The summed E-state index contributed by atoms with van der Waals surface area (Å²) in [7, 11) is 1.53. The Labute approximate surface area is 182 Å². The van der Waals surface area contributed by atoms with Gasteiger partial charge in [0.15, 0.2) is 11.6 Å². The van der Waals surface area contributed by atoms with Crippen molar-refractivity contribution < 1.29 is 14.6 Å². The molecule has 9 nitrogen and oxygen atoms in total. The highest BCUT2D eigenvalue weighted by Gasteiger charge is 2.20. The normalized spacial score (nSPS) is 15.5. The van der Waals surface area contributed by atoms with Crippen LogP contribution in [0.3, 0.4) is 0 Å². The number of rotatable bonds is 6. The molecule has 0 unspecified atom stereocenters. The molecular weight excluding hydrogens is 416 g/mol. The summed E-state index contributed by atoms with van der Waals surface area (Å²) in [6, 6.07) is 9.90. The minimum absolute atomic E-state index is 0.208. The van der Waals surface area contributed by atoms with Crippen LogP contribution in [0.4, 0.5) is 5.82 Å². The van der Waals surface area contributed by atoms with E-state index in [9.17, 15) is 5.11 Å². The van der Waals surface area contributed by atoms with Crippen molar-refractivity contribution in [1.82, 2.24) is 24.7 Å². The zero-order chi connectivity index (χ0) is 21.2. The Morgan fingerprint density at radius 1 is 1.19 bits per heavy atom. The molecule has 1 aromatic carbocycles. The standard InChI is InChI=1S/C21H22N6O3S/c1-29-17(12-28)21-23-18(26-7-9-30-10-8-26)11-19(24-21)27-6-5-15(25-27)14-3-2-4-16-20(14)31-13-22-16/h2-6,11,13,17,28H,7-10,12H2,1H3/t17-/m1/s1. The molecular formula is C21H22N6O3S. The lowest BCUT2D eigenvalue weighted by Crippen LogP contribution is -2.37. The topological polar surface area (TPSA) is 98.4 Å². The summed E-state index contributed by atoms with van der Waals surface area (Å²) >= 11 is 1.60. The van der Waals surface area contributed by atoms with Crippen molar-refractivity contribution in [3.05, 3.63) is 47.9 Å². The molecule has 1 atom stereocenters. The molecule has 31 heavy (non-hydrogen) atoms. The van der Waals surface area contributed by atoms with Gasteiger partial charge < -0.3 is 19.5 Å². The number of ether oxygens (including phenoxy) is 2. The smallest absolute Gasteiger partial charge is 0.164 e. The Kier molecular flexibility index (Phi) is 5.60. The molecule has 1 saturated heterocycles. The lowest BCUT2D eigenvalue weighted by atomic mass is 10.1. The monoisotopic (exact) mass is 438 g/mol. The largest absolute Gasteiger partial charge is 0.393 e. The van der Waals surface area contributed by atoms with Gasteiger partial charge in [-0.25, -0.2) is 19.6 Å². The molecule has 0 aliphatic carbocycles. The number of benzene rings is 1. The summed E-state index contributed by atoms with van der Waals surface area (Å²) in [5.41, 5.74) is 4.68. The fraction of sp³-hybridized carbons (Fsp3) is 0.333. The van der Waals surface area contributed by atoms with Gasteiger partial charge in [0.25, 0.3) is 0 Å². The fourth-order valence-electron chi connectivity index (χ4n) is 3.60. The molecule has 0 bridgehead atoms. The molecule has 10 heteroatoms. The van der Waals surface area contributed by atoms with E-state index < -0.39 is 6.10 Å². The maximum absolute atomic E-state index is 9.71. The summed E-state index contributed by atoms with van der Waals surface area (Å²) < 4.78 is 13.7. The number of anilines is 1. The van der Waals surface area contributed by atoms with Crippen molar-refractivity contribution in [1.29, 1.82) is 0 Å². The van der Waals surface area contributed by atoms with E-state index in [-0.39, 0.29) is 6.61 Å². The molecule has 1 N–H and O–H groups in total. The van der Waals surface area contributed by atoms with Gasteiger partial charge in [-0.05, 0) is 12.1 Å². The molecule has 0 spiro atoms. The van der Waals surface area contributed by atoms with Gasteiger partial charge in [-0.15, -0.1) is 11.3 Å². The Morgan fingerprint density at radius 2 is 2.03 bits per heavy atom. The van der Waals surface area contributed by atoms with Crippen molar-refractivity contribution in [2.45, 2.75) is 6.10 Å². The quantitative estimate of drug-likeness (QED) is 0.490. The van der Waals surface area contributed by atoms with Crippen LogP contribution >= 0.6 is 11.3 Å². The first-order valence-electron chi connectivity index (χ1n) is 10.0. The predicted molar refractivity (Wildman–Crippen MR) is 118 cm³/mol. The highest BCUT2D eigenvalue weighted by Crippen LogP contribution is 2.30. The van der Waals surface area contributed by atoms with Crippen LogP contribution in [0.1, 0.15) is 11.9 Å². The van der Waals surface area contributed by atoms with E-state index in [1.54, 1.807) is 16.0 Å². The molecule has 0 amide bonds. The van der Waals surface area contributed by atoms with E-state index in [0.717, 1.165) is 40.4 Å². The van der Waals surface area contributed by atoms with E-state index in [2.05, 4.69) is 19.9 Å². The number of aliphatic hydroxyl groups is 1. The molecule has 3 aromatic heterocycles. The van der Waals surface area contributed by atoms with E-state index in [0.29, 0.717) is 24.9 Å². The van der Waals surface area contributed by atoms with E-state index >= 15 is 0 Å². The molecule has 0 radical (unpaired) electrons. The lowest BCUT2D eigenvalue weighted by molar-refractivity contribution is 0.0422. The number of fused-ring (bicyclic) bond motifs is 1. The number of nitrogens with zero attached hydrogens (tertiary/aromatic N) is 6. The highest BCUT2D eigenvalue weighted by molar-refractivity contribution is 7.17. The van der Waals surface area contributed by atoms with Crippen LogP contribution < -0.4 is 4.90 Å². The Balaban J connectivity index is 1.56. The zero-order valence-corrected chi connectivity index (χ0v) is 17.8. The first-order chi connectivity index (χ1) is 15.3. The van der Waals surface area contributed by atoms with E-state index in [4.69, 9.17) is 14.6 Å². The van der Waals surface area contributed by atoms with Gasteiger partial charge in [0.2, 0.25) is 0 Å². The van der Waals surface area contributed by atoms with Crippen molar-refractivity contribution in [2.24, 2.45) is 0 Å². The van der Waals surface area contributed by atoms with Crippen LogP contribution in [0.15, 0.2) is 42.0 Å². The Morgan fingerprint density at radius 3 is 2.84 bits per heavy atom. The van der Waals surface area contributed by atoms with Gasteiger partial charge >= 0.3 is 0 Å². The van der Waals surface area contributed by atoms with Crippen molar-refractivity contribution in [2.75, 3.05) is 44.9 Å². The van der Waals surface area contributed by atoms with E-state index in [1.807, 2.05) is 42.0 Å². The van der Waals surface area contributed by atoms with Crippen LogP contribution in [-0.2, 0) is 9.47 Å². The van der Waals surface area contributed by atoms with Gasteiger partial charge in [-0.1, -0.05) is 12.1 Å². The first kappa shape index (κ1) is 20.0. The minimum Gasteiger partial charge on any atom is -0.393 e. The third kappa shape index (κ3) is 3.90. The second-order valence-electron chi connectivity index (χ2n) is 7.10. The number of aromatic nitrogens is 5. The van der Waals surface area contributed by atoms with Crippen molar-refractivity contribution in [3.8, 4) is 17.1 Å². The van der Waals surface area contributed by atoms with Crippen molar-refractivity contribution >= 4 is 27.4 Å². The van der Waals surface area contributed by atoms with Crippen LogP contribution in [0.2, 0.25) is 0 Å². The molecule has 1 aliphatic heterocycles. The predicted octanol–water partition coefficient (Wildman–Crippen LogP) is 2.46. The maximum atomic E-state index is 9.71. The summed E-state index contributed by atoms with van der Waals surface area (Å²) in [6.07, 6.45) is 1.27. The van der Waals surface area contributed by atoms with Crippen LogP contribution in [0.5, 0.6) is 0 Å². The van der Waals surface area contributed by atoms with Crippen LogP contribution in [0.25, 0.3) is 27.3 Å². The van der Waals surface area contributed by atoms with Crippen LogP contribution in [0, 0.1) is 0 Å². The molecule has 5 rings (SSSR count). The van der Waals surface area contributed by atoms with Gasteiger partial charge in [0, 0.05) is 38.0 Å². The maximum Gasteiger partial charge on any atom is 0.164 e. The van der Waals surface area contributed by atoms with Gasteiger partial charge in [-0.3, -0.25) is 0 Å². The van der Waals surface area contributed by atoms with Gasteiger partial charge in [0.05, 0.1) is 41.2 Å². The lowest BCUT2D eigenvalue weighted by Gasteiger charge is -2.28. The summed E-state index contributed by atoms with van der Waals surface area (Å²) in [5.74, 6) is 1.80. The molecule has 1 aliphatic rings. The SMILES string of the molecule is CO[C@H](CO)c1nc(N2CCOCC2)cc(-n2ccc(-c3cccc4ncsc34)n2)n1. The van der Waals surface area contributed by atoms with Gasteiger partial charge in [0.1, 0.15) is 11.9 Å². The molecule has 4 heterocycles. The zero-order valence-electron chi connectivity index (χ0n) is 17.0. The fourth-order valence-corrected chi connectivity index (χ4v) is 4.41. The third-order valence-electron chi connectivity index (χ3n) is 5.25. The second kappa shape index (κ2) is 8.67. The van der Waals surface area contributed by atoms with E-state index in [1.165, 1.54) is 7.11 Å². The third-order valence-corrected chi connectivity index (χ3v) is 6.12. The Bertz CT molecular complexity index is 1180. The number of hydrogen-bond acceptors (Lipinski definition) is 9. The number of hydrogen-bond donors (Lipinski definition) is 1. The number of morpholine rings is 1. The summed E-state index contributed by atoms with van der Waals surface area (Å²) in [5, 5.41) is 14.5. The average Bonchev–Trinajstić information content (AvgIpc) is 3.50. The van der Waals surface area contributed by atoms with Crippen molar-refractivity contribution in [3.63, 3.8) is 0 Å². The molecule has 0 saturated carbocycles. The molecule has 160 valence electrons. The van der Waals surface area contributed by atoms with Gasteiger partial charge in [-0.2, -0.15) is 5.10 Å². The Hall–Kier alpha value is -2.92. The minimum atomic E-state index is -0.610. The average molecular weight is 439 g/mol. The highest BCUT2D eigenvalue weighted by atomic mass is 32.1. The van der Waals surface area contributed by atoms with Crippen LogP contribution in [-0.4, -0.2) is 69.9 Å². The number of aliphatic hydroxyl groups excluding tert-OH is 1. The number of methoxy groups -OCH3 is 1. The summed E-state index contributed by atoms with van der Waals surface area (Å²) in [6.45, 7) is 2.56. The molecule has 4 aromatic rings. The molecule has 1 fully saturated rings. The second-order valence-corrected chi connectivity index (χ2v) is 7.96. The number of thiazole rings is 1. The summed E-state index contributed by atoms with van der Waals surface area (Å²) in [4.78, 5) is 15.8. The first-order valence-corrected chi connectivity index (χ1v) is 10.9.